The Kier molecular flexibility index (Phi) is 2.86. The van der Waals surface area contributed by atoms with Crippen LogP contribution in [-0.4, -0.2) is 16.5 Å². The molecule has 0 bridgehead atoms. The summed E-state index contributed by atoms with van der Waals surface area (Å²) >= 11 is 5.52. The summed E-state index contributed by atoms with van der Waals surface area (Å²) in [5, 5.41) is 0.255. The minimum Gasteiger partial charge on any atom is -0.381 e. The number of anilines is 1. The Hall–Kier alpha value is -1.31. The number of nitrogens with zero attached hydrogens (tertiary/aromatic N) is 2. The Balaban J connectivity index is 3.01. The van der Waals surface area contributed by atoms with Crippen molar-refractivity contribution in [2.45, 2.75) is 0 Å². The highest BCUT2D eigenvalue weighted by Crippen LogP contribution is 2.07. The number of rotatable bonds is 0. The fraction of sp³-hybridized carbons (Fsp3) is 0.143. The second-order valence-electron chi connectivity index (χ2n) is 1.93. The molecule has 4 N–H and O–H groups in total. The van der Waals surface area contributed by atoms with Gasteiger partial charge in [-0.1, -0.05) is 17.5 Å². The van der Waals surface area contributed by atoms with E-state index in [-0.39, 0.29) is 17.5 Å². The first-order chi connectivity index (χ1) is 5.74. The van der Waals surface area contributed by atoms with Crippen LogP contribution in [0.3, 0.4) is 0 Å². The molecule has 62 valence electrons. The molecule has 0 spiro atoms. The number of aromatic nitrogens is 2. The van der Waals surface area contributed by atoms with Crippen molar-refractivity contribution in [3.63, 3.8) is 0 Å². The monoisotopic (exact) mass is 182 g/mol. The number of nitrogens with two attached hydrogens (primary N) is 2. The van der Waals surface area contributed by atoms with Gasteiger partial charge in [0.15, 0.2) is 11.5 Å². The lowest BCUT2D eigenvalue weighted by Crippen LogP contribution is -1.99. The molecule has 4 nitrogen and oxygen atoms in total. The normalized spacial score (nSPS) is 8.83. The van der Waals surface area contributed by atoms with E-state index in [2.05, 4.69) is 21.8 Å². The fourth-order valence-electron chi connectivity index (χ4n) is 0.612. The SMILES string of the molecule is NCC#Cc1ncc(Cl)nc1N. The van der Waals surface area contributed by atoms with Crippen molar-refractivity contribution >= 4 is 17.4 Å². The summed E-state index contributed by atoms with van der Waals surface area (Å²) in [6.07, 6.45) is 1.39. The molecule has 0 saturated carbocycles. The summed E-state index contributed by atoms with van der Waals surface area (Å²) in [4.78, 5) is 7.63. The first-order valence-corrected chi connectivity index (χ1v) is 3.59. The van der Waals surface area contributed by atoms with E-state index in [4.69, 9.17) is 23.1 Å². The molecule has 0 unspecified atom stereocenters. The van der Waals surface area contributed by atoms with Crippen LogP contribution < -0.4 is 11.5 Å². The summed E-state index contributed by atoms with van der Waals surface area (Å²) in [7, 11) is 0. The van der Waals surface area contributed by atoms with Gasteiger partial charge in [0.1, 0.15) is 5.15 Å². The molecule has 0 fully saturated rings. The average molecular weight is 183 g/mol. The van der Waals surface area contributed by atoms with E-state index in [1.165, 1.54) is 6.20 Å². The zero-order valence-electron chi connectivity index (χ0n) is 6.21. The second kappa shape index (κ2) is 3.90. The number of halogens is 1. The van der Waals surface area contributed by atoms with Gasteiger partial charge in [-0.25, -0.2) is 9.97 Å². The molecule has 1 aromatic rings. The van der Waals surface area contributed by atoms with Crippen LogP contribution in [0.5, 0.6) is 0 Å². The molecule has 1 heterocycles. The van der Waals surface area contributed by atoms with Crippen molar-refractivity contribution in [3.05, 3.63) is 17.0 Å². The van der Waals surface area contributed by atoms with Crippen LogP contribution in [0.15, 0.2) is 6.20 Å². The number of hydrogen-bond acceptors (Lipinski definition) is 4. The molecule has 1 rings (SSSR count). The van der Waals surface area contributed by atoms with Gasteiger partial charge in [-0.15, -0.1) is 0 Å². The highest BCUT2D eigenvalue weighted by molar-refractivity contribution is 6.29. The third-order valence-corrected chi connectivity index (χ3v) is 1.26. The standard InChI is InChI=1S/C7H7ClN4/c8-6-4-11-5(2-1-3-9)7(10)12-6/h4H,3,9H2,(H2,10,12). The molecule has 1 aromatic heterocycles. The average Bonchev–Trinajstić information content (AvgIpc) is 2.03. The van der Waals surface area contributed by atoms with Crippen LogP contribution in [0.25, 0.3) is 0 Å². The van der Waals surface area contributed by atoms with Crippen LogP contribution in [0, 0.1) is 11.8 Å². The van der Waals surface area contributed by atoms with Gasteiger partial charge in [-0.05, 0) is 5.92 Å². The predicted molar refractivity (Wildman–Crippen MR) is 47.4 cm³/mol. The maximum absolute atomic E-state index is 5.52. The molecule has 0 saturated heterocycles. The molecule has 0 aliphatic carbocycles. The highest BCUT2D eigenvalue weighted by Gasteiger charge is 1.98. The minimum absolute atomic E-state index is 0.225. The summed E-state index contributed by atoms with van der Waals surface area (Å²) < 4.78 is 0. The Morgan fingerprint density at radius 2 is 2.33 bits per heavy atom. The molecular formula is C7H7ClN4. The largest absolute Gasteiger partial charge is 0.381 e. The third-order valence-electron chi connectivity index (χ3n) is 1.08. The Labute approximate surface area is 74.9 Å². The summed E-state index contributed by atoms with van der Waals surface area (Å²) in [6, 6.07) is 0. The van der Waals surface area contributed by atoms with E-state index in [0.29, 0.717) is 5.69 Å². The van der Waals surface area contributed by atoms with Gasteiger partial charge in [0.2, 0.25) is 0 Å². The molecular weight excluding hydrogens is 176 g/mol. The van der Waals surface area contributed by atoms with Crippen molar-refractivity contribution in [2.24, 2.45) is 5.73 Å². The van der Waals surface area contributed by atoms with E-state index in [9.17, 15) is 0 Å². The van der Waals surface area contributed by atoms with E-state index >= 15 is 0 Å². The highest BCUT2D eigenvalue weighted by atomic mass is 35.5. The van der Waals surface area contributed by atoms with Gasteiger partial charge in [0.05, 0.1) is 12.7 Å². The third kappa shape index (κ3) is 2.09. The molecule has 12 heavy (non-hydrogen) atoms. The van der Waals surface area contributed by atoms with Crippen LogP contribution in [0.1, 0.15) is 5.69 Å². The first kappa shape index (κ1) is 8.78. The van der Waals surface area contributed by atoms with Gasteiger partial charge in [0, 0.05) is 0 Å². The van der Waals surface area contributed by atoms with Gasteiger partial charge in [0.25, 0.3) is 0 Å². The van der Waals surface area contributed by atoms with Crippen molar-refractivity contribution in [1.82, 2.24) is 9.97 Å². The molecule has 0 amide bonds. The summed E-state index contributed by atoms with van der Waals surface area (Å²) in [5.74, 6) is 5.51. The maximum atomic E-state index is 5.52. The zero-order chi connectivity index (χ0) is 8.97. The smallest absolute Gasteiger partial charge is 0.159 e. The second-order valence-corrected chi connectivity index (χ2v) is 2.32. The van der Waals surface area contributed by atoms with Gasteiger partial charge in [-0.3, -0.25) is 0 Å². The lowest BCUT2D eigenvalue weighted by molar-refractivity contribution is 1.18. The van der Waals surface area contributed by atoms with Crippen molar-refractivity contribution in [2.75, 3.05) is 12.3 Å². The topological polar surface area (TPSA) is 77.8 Å². The quantitative estimate of drug-likeness (QED) is 0.555. The van der Waals surface area contributed by atoms with Crippen LogP contribution in [-0.2, 0) is 0 Å². The number of hydrogen-bond donors (Lipinski definition) is 2. The van der Waals surface area contributed by atoms with Crippen LogP contribution >= 0.6 is 11.6 Å². The molecule has 0 radical (unpaired) electrons. The van der Waals surface area contributed by atoms with Crippen molar-refractivity contribution in [3.8, 4) is 11.8 Å². The predicted octanol–water partition coefficient (Wildman–Crippen LogP) is 0.0224. The van der Waals surface area contributed by atoms with Crippen LogP contribution in [0.4, 0.5) is 5.82 Å². The Morgan fingerprint density at radius 1 is 1.58 bits per heavy atom. The van der Waals surface area contributed by atoms with Gasteiger partial charge in [-0.2, -0.15) is 0 Å². The van der Waals surface area contributed by atoms with Crippen molar-refractivity contribution in [1.29, 1.82) is 0 Å². The van der Waals surface area contributed by atoms with Gasteiger partial charge < -0.3 is 11.5 Å². The van der Waals surface area contributed by atoms with E-state index < -0.39 is 0 Å². The summed E-state index contributed by atoms with van der Waals surface area (Å²) in [6.45, 7) is 0.268. The molecule has 0 aliphatic heterocycles. The van der Waals surface area contributed by atoms with E-state index in [0.717, 1.165) is 0 Å². The molecule has 5 heteroatoms. The zero-order valence-corrected chi connectivity index (χ0v) is 6.97. The molecule has 0 aliphatic rings. The summed E-state index contributed by atoms with van der Waals surface area (Å²) in [5.41, 5.74) is 11.0. The van der Waals surface area contributed by atoms with E-state index in [1.807, 2.05) is 0 Å². The lowest BCUT2D eigenvalue weighted by atomic mass is 10.4. The van der Waals surface area contributed by atoms with Gasteiger partial charge >= 0.3 is 0 Å². The maximum Gasteiger partial charge on any atom is 0.159 e. The first-order valence-electron chi connectivity index (χ1n) is 3.21. The Bertz CT molecular complexity index is 339. The Morgan fingerprint density at radius 3 is 2.92 bits per heavy atom. The number of nitrogen functional groups attached to an aromatic ring is 1. The molecule has 0 atom stereocenters. The van der Waals surface area contributed by atoms with Crippen molar-refractivity contribution < 1.29 is 0 Å². The van der Waals surface area contributed by atoms with Crippen LogP contribution in [0.2, 0.25) is 5.15 Å². The van der Waals surface area contributed by atoms with E-state index in [1.54, 1.807) is 0 Å². The fourth-order valence-corrected chi connectivity index (χ4v) is 0.752. The minimum atomic E-state index is 0.225. The molecule has 0 aromatic carbocycles. The lowest BCUT2D eigenvalue weighted by Gasteiger charge is -1.94.